The number of ether oxygens (including phenoxy) is 1. The van der Waals surface area contributed by atoms with Gasteiger partial charge in [-0.3, -0.25) is 0 Å². The number of halogens is 1. The Hall–Kier alpha value is -0.120. The van der Waals surface area contributed by atoms with Crippen LogP contribution in [-0.4, -0.2) is 12.1 Å². The summed E-state index contributed by atoms with van der Waals surface area (Å²) in [6.45, 7) is 2.61. The van der Waals surface area contributed by atoms with Crippen molar-refractivity contribution < 1.29 is 4.74 Å². The van der Waals surface area contributed by atoms with Gasteiger partial charge in [0.1, 0.15) is 5.01 Å². The lowest BCUT2D eigenvalue weighted by Gasteiger charge is -1.92. The maximum atomic E-state index is 5.62. The van der Waals surface area contributed by atoms with Crippen molar-refractivity contribution in [3.8, 4) is 0 Å². The van der Waals surface area contributed by atoms with E-state index in [2.05, 4.69) is 4.98 Å². The third-order valence-electron chi connectivity index (χ3n) is 1.33. The number of aromatic nitrogens is 1. The van der Waals surface area contributed by atoms with E-state index in [4.69, 9.17) is 16.3 Å². The summed E-state index contributed by atoms with van der Waals surface area (Å²) in [5, 5.41) is 0.969. The molecule has 62 valence electrons. The van der Waals surface area contributed by atoms with Gasteiger partial charge in [0.15, 0.2) is 0 Å². The monoisotopic (exact) mass is 191 g/mol. The molecule has 1 aromatic rings. The number of nitrogens with zero attached hydrogens (tertiary/aromatic N) is 1. The molecule has 0 N–H and O–H groups in total. The lowest BCUT2D eigenvalue weighted by atomic mass is 10.4. The molecule has 1 rings (SSSR count). The van der Waals surface area contributed by atoms with Crippen LogP contribution in [0.1, 0.15) is 15.6 Å². The Kier molecular flexibility index (Phi) is 3.30. The highest BCUT2D eigenvalue weighted by Gasteiger charge is 2.05. The van der Waals surface area contributed by atoms with Crippen molar-refractivity contribution in [3.05, 3.63) is 15.6 Å². The summed E-state index contributed by atoms with van der Waals surface area (Å²) in [6, 6.07) is 0. The van der Waals surface area contributed by atoms with Crippen molar-refractivity contribution in [1.82, 2.24) is 4.98 Å². The second kappa shape index (κ2) is 4.04. The average Bonchev–Trinajstić information content (AvgIpc) is 2.33. The minimum Gasteiger partial charge on any atom is -0.379 e. The summed E-state index contributed by atoms with van der Waals surface area (Å²) in [5.41, 5.74) is 1.03. The fourth-order valence-electron chi connectivity index (χ4n) is 0.810. The van der Waals surface area contributed by atoms with Gasteiger partial charge >= 0.3 is 0 Å². The maximum absolute atomic E-state index is 5.62. The number of hydrogen-bond donors (Lipinski definition) is 0. The first-order valence-corrected chi connectivity index (χ1v) is 4.63. The summed E-state index contributed by atoms with van der Waals surface area (Å²) in [5.74, 6) is 0.495. The molecule has 0 aliphatic rings. The molecule has 1 heterocycles. The fraction of sp³-hybridized carbons (Fsp3) is 0.571. The Labute approximate surface area is 75.2 Å². The van der Waals surface area contributed by atoms with Crippen LogP contribution in [0, 0.1) is 6.92 Å². The molecule has 0 amide bonds. The van der Waals surface area contributed by atoms with Crippen LogP contribution in [0.4, 0.5) is 0 Å². The minimum atomic E-state index is 0.495. The van der Waals surface area contributed by atoms with Crippen LogP contribution in [0.3, 0.4) is 0 Å². The Balaban J connectivity index is 2.79. The molecule has 0 saturated carbocycles. The quantitative estimate of drug-likeness (QED) is 0.685. The minimum absolute atomic E-state index is 0.495. The first kappa shape index (κ1) is 8.97. The van der Waals surface area contributed by atoms with Crippen LogP contribution in [0.25, 0.3) is 0 Å². The van der Waals surface area contributed by atoms with Crippen LogP contribution < -0.4 is 0 Å². The van der Waals surface area contributed by atoms with Crippen molar-refractivity contribution in [2.45, 2.75) is 19.4 Å². The van der Waals surface area contributed by atoms with E-state index >= 15 is 0 Å². The zero-order valence-corrected chi connectivity index (χ0v) is 8.13. The van der Waals surface area contributed by atoms with E-state index in [0.717, 1.165) is 10.7 Å². The van der Waals surface area contributed by atoms with E-state index in [1.165, 1.54) is 4.88 Å². The molecule has 0 aliphatic heterocycles. The number of alkyl halides is 1. The van der Waals surface area contributed by atoms with E-state index in [-0.39, 0.29) is 0 Å². The van der Waals surface area contributed by atoms with Crippen LogP contribution in [-0.2, 0) is 17.2 Å². The number of rotatable bonds is 3. The van der Waals surface area contributed by atoms with Crippen LogP contribution in [0.5, 0.6) is 0 Å². The van der Waals surface area contributed by atoms with Gasteiger partial charge in [0.05, 0.1) is 23.1 Å². The van der Waals surface area contributed by atoms with Gasteiger partial charge < -0.3 is 4.74 Å². The Morgan fingerprint density at radius 1 is 1.64 bits per heavy atom. The van der Waals surface area contributed by atoms with E-state index < -0.39 is 0 Å². The van der Waals surface area contributed by atoms with Crippen molar-refractivity contribution in [2.75, 3.05) is 7.11 Å². The molecule has 4 heteroatoms. The smallest absolute Gasteiger partial charge is 0.108 e. The third-order valence-corrected chi connectivity index (χ3v) is 2.87. The third kappa shape index (κ3) is 2.15. The summed E-state index contributed by atoms with van der Waals surface area (Å²) in [7, 11) is 1.68. The molecule has 0 radical (unpaired) electrons. The molecular formula is C7H10ClNOS. The SMILES string of the molecule is COCc1sc(CCl)nc1C. The number of aryl methyl sites for hydroxylation is 1. The fourth-order valence-corrected chi connectivity index (χ4v) is 1.93. The Morgan fingerprint density at radius 2 is 2.36 bits per heavy atom. The van der Waals surface area contributed by atoms with Crippen LogP contribution in [0.2, 0.25) is 0 Å². The number of thiazole rings is 1. The standard InChI is InChI=1S/C7H10ClNOS/c1-5-6(4-10-2)11-7(3-8)9-5/h3-4H2,1-2H3. The molecular weight excluding hydrogens is 182 g/mol. The van der Waals surface area contributed by atoms with Gasteiger partial charge in [0, 0.05) is 7.11 Å². The average molecular weight is 192 g/mol. The molecule has 0 aromatic carbocycles. The molecule has 0 aliphatic carbocycles. The highest BCUT2D eigenvalue weighted by atomic mass is 35.5. The van der Waals surface area contributed by atoms with Crippen LogP contribution >= 0.6 is 22.9 Å². The van der Waals surface area contributed by atoms with Gasteiger partial charge in [0.25, 0.3) is 0 Å². The first-order valence-electron chi connectivity index (χ1n) is 3.28. The van der Waals surface area contributed by atoms with Gasteiger partial charge in [0.2, 0.25) is 0 Å². The summed E-state index contributed by atoms with van der Waals surface area (Å²) in [4.78, 5) is 5.42. The Bertz CT molecular complexity index is 236. The summed E-state index contributed by atoms with van der Waals surface area (Å²) in [6.07, 6.45) is 0. The van der Waals surface area contributed by atoms with Gasteiger partial charge in [-0.2, -0.15) is 0 Å². The molecule has 0 fully saturated rings. The van der Waals surface area contributed by atoms with E-state index in [9.17, 15) is 0 Å². The van der Waals surface area contributed by atoms with E-state index in [0.29, 0.717) is 12.5 Å². The van der Waals surface area contributed by atoms with Crippen LogP contribution in [0.15, 0.2) is 0 Å². The van der Waals surface area contributed by atoms with Crippen molar-refractivity contribution in [1.29, 1.82) is 0 Å². The largest absolute Gasteiger partial charge is 0.379 e. The molecule has 11 heavy (non-hydrogen) atoms. The predicted octanol–water partition coefficient (Wildman–Crippen LogP) is 2.34. The van der Waals surface area contributed by atoms with E-state index in [1.807, 2.05) is 6.92 Å². The van der Waals surface area contributed by atoms with Gasteiger partial charge in [-0.05, 0) is 6.92 Å². The highest BCUT2D eigenvalue weighted by molar-refractivity contribution is 7.11. The number of methoxy groups -OCH3 is 1. The number of hydrogen-bond acceptors (Lipinski definition) is 3. The topological polar surface area (TPSA) is 22.1 Å². The highest BCUT2D eigenvalue weighted by Crippen LogP contribution is 2.19. The second-order valence-corrected chi connectivity index (χ2v) is 3.62. The van der Waals surface area contributed by atoms with Crippen molar-refractivity contribution in [3.63, 3.8) is 0 Å². The molecule has 0 spiro atoms. The molecule has 0 unspecified atom stereocenters. The molecule has 1 aromatic heterocycles. The normalized spacial score (nSPS) is 10.5. The van der Waals surface area contributed by atoms with Gasteiger partial charge in [-0.15, -0.1) is 22.9 Å². The Morgan fingerprint density at radius 3 is 2.82 bits per heavy atom. The second-order valence-electron chi connectivity index (χ2n) is 2.18. The predicted molar refractivity (Wildman–Crippen MR) is 47.1 cm³/mol. The molecule has 0 bridgehead atoms. The van der Waals surface area contributed by atoms with Crippen molar-refractivity contribution >= 4 is 22.9 Å². The lowest BCUT2D eigenvalue weighted by Crippen LogP contribution is -1.85. The zero-order valence-electron chi connectivity index (χ0n) is 6.56. The lowest BCUT2D eigenvalue weighted by molar-refractivity contribution is 0.187. The van der Waals surface area contributed by atoms with E-state index in [1.54, 1.807) is 18.4 Å². The zero-order chi connectivity index (χ0) is 8.27. The first-order chi connectivity index (χ1) is 5.27. The van der Waals surface area contributed by atoms with Crippen molar-refractivity contribution in [2.24, 2.45) is 0 Å². The van der Waals surface area contributed by atoms with Gasteiger partial charge in [-0.1, -0.05) is 0 Å². The van der Waals surface area contributed by atoms with Gasteiger partial charge in [-0.25, -0.2) is 4.98 Å². The molecule has 2 nitrogen and oxygen atoms in total. The molecule has 0 saturated heterocycles. The summed E-state index contributed by atoms with van der Waals surface area (Å²) >= 11 is 7.24. The summed E-state index contributed by atoms with van der Waals surface area (Å²) < 4.78 is 4.99. The molecule has 0 atom stereocenters. The maximum Gasteiger partial charge on any atom is 0.108 e.